The molecule has 20 heavy (non-hydrogen) atoms. The molecule has 0 bridgehead atoms. The van der Waals surface area contributed by atoms with Crippen LogP contribution in [0.5, 0.6) is 0 Å². The molecule has 6 nitrogen and oxygen atoms in total. The Labute approximate surface area is 115 Å². The van der Waals surface area contributed by atoms with E-state index in [1.807, 2.05) is 37.3 Å². The second-order valence-corrected chi connectivity index (χ2v) is 4.28. The summed E-state index contributed by atoms with van der Waals surface area (Å²) < 4.78 is 0. The number of aromatic nitrogens is 5. The third-order valence-corrected chi connectivity index (χ3v) is 2.99. The van der Waals surface area contributed by atoms with E-state index in [2.05, 4.69) is 30.5 Å². The van der Waals surface area contributed by atoms with Crippen LogP contribution < -0.4 is 0 Å². The number of rotatable bonds is 2. The van der Waals surface area contributed by atoms with Gasteiger partial charge in [0.25, 0.3) is 0 Å². The monoisotopic (exact) mass is 262 g/mol. The van der Waals surface area contributed by atoms with E-state index >= 15 is 0 Å². The topological polar surface area (TPSA) is 71.7 Å². The second-order valence-electron chi connectivity index (χ2n) is 4.28. The summed E-state index contributed by atoms with van der Waals surface area (Å²) in [6.45, 7) is 9.09. The molecule has 96 valence electrons. The summed E-state index contributed by atoms with van der Waals surface area (Å²) in [6.07, 6.45) is 1.69. The van der Waals surface area contributed by atoms with Crippen LogP contribution in [0.25, 0.3) is 27.5 Å². The third-order valence-electron chi connectivity index (χ3n) is 2.99. The molecule has 0 unspecified atom stereocenters. The van der Waals surface area contributed by atoms with Gasteiger partial charge in [0.1, 0.15) is 0 Å². The van der Waals surface area contributed by atoms with Gasteiger partial charge in [-0.2, -0.15) is 5.21 Å². The van der Waals surface area contributed by atoms with Crippen molar-refractivity contribution in [2.45, 2.75) is 6.92 Å². The molecule has 1 aromatic carbocycles. The van der Waals surface area contributed by atoms with Crippen LogP contribution in [0.15, 0.2) is 36.5 Å². The zero-order valence-electron chi connectivity index (χ0n) is 10.7. The number of hydrogen-bond acceptors (Lipinski definition) is 4. The van der Waals surface area contributed by atoms with Gasteiger partial charge < -0.3 is 0 Å². The van der Waals surface area contributed by atoms with Gasteiger partial charge in [-0.1, -0.05) is 12.1 Å². The van der Waals surface area contributed by atoms with Crippen LogP contribution in [0, 0.1) is 13.5 Å². The van der Waals surface area contributed by atoms with Gasteiger partial charge in [-0.25, -0.2) is 4.85 Å². The molecule has 0 saturated heterocycles. The lowest BCUT2D eigenvalue weighted by Gasteiger charge is -2.04. The second kappa shape index (κ2) is 4.90. The first kappa shape index (κ1) is 12.0. The molecule has 0 amide bonds. The number of benzene rings is 1. The first-order chi connectivity index (χ1) is 9.78. The molecule has 3 rings (SSSR count). The molecular weight excluding hydrogens is 252 g/mol. The van der Waals surface area contributed by atoms with E-state index in [0.29, 0.717) is 11.5 Å². The van der Waals surface area contributed by atoms with Crippen molar-refractivity contribution >= 4 is 5.69 Å². The highest BCUT2D eigenvalue weighted by molar-refractivity contribution is 5.71. The van der Waals surface area contributed by atoms with Gasteiger partial charge in [-0.05, 0) is 41.5 Å². The Morgan fingerprint density at radius 3 is 2.80 bits per heavy atom. The Morgan fingerprint density at radius 2 is 2.05 bits per heavy atom. The van der Waals surface area contributed by atoms with Crippen LogP contribution >= 0.6 is 0 Å². The highest BCUT2D eigenvalue weighted by Crippen LogP contribution is 2.27. The van der Waals surface area contributed by atoms with Crippen molar-refractivity contribution in [1.82, 2.24) is 25.6 Å². The Bertz CT molecular complexity index is 786. The number of tetrazole rings is 1. The molecule has 6 heteroatoms. The van der Waals surface area contributed by atoms with E-state index in [0.717, 1.165) is 22.4 Å². The molecule has 1 N–H and O–H groups in total. The predicted molar refractivity (Wildman–Crippen MR) is 73.8 cm³/mol. The van der Waals surface area contributed by atoms with Crippen molar-refractivity contribution in [3.63, 3.8) is 0 Å². The SMILES string of the molecule is [C-]#[N+]c1cc(-c2cc(-c3nn[nH]n3)ccn2)ccc1C. The molecule has 0 saturated carbocycles. The number of aromatic amines is 1. The minimum Gasteiger partial charge on any atom is -0.256 e. The molecule has 0 aliphatic carbocycles. The van der Waals surface area contributed by atoms with E-state index in [-0.39, 0.29) is 0 Å². The lowest BCUT2D eigenvalue weighted by Crippen LogP contribution is -1.87. The molecule has 0 spiro atoms. The van der Waals surface area contributed by atoms with Crippen LogP contribution in [0.1, 0.15) is 5.56 Å². The summed E-state index contributed by atoms with van der Waals surface area (Å²) in [5.74, 6) is 0.520. The van der Waals surface area contributed by atoms with Gasteiger partial charge in [0.05, 0.1) is 12.3 Å². The maximum atomic E-state index is 7.17. The van der Waals surface area contributed by atoms with Crippen LogP contribution in [0.3, 0.4) is 0 Å². The first-order valence-electron chi connectivity index (χ1n) is 5.96. The van der Waals surface area contributed by atoms with Crippen molar-refractivity contribution < 1.29 is 0 Å². The van der Waals surface area contributed by atoms with Gasteiger partial charge in [0.2, 0.25) is 5.82 Å². The molecule has 0 aliphatic heterocycles. The lowest BCUT2D eigenvalue weighted by molar-refractivity contribution is 0.881. The van der Waals surface area contributed by atoms with E-state index in [1.165, 1.54) is 0 Å². The molecule has 2 heterocycles. The quantitative estimate of drug-likeness (QED) is 0.721. The molecular formula is C14H10N6. The summed E-state index contributed by atoms with van der Waals surface area (Å²) in [5, 5.41) is 13.9. The fourth-order valence-corrected chi connectivity index (χ4v) is 1.90. The van der Waals surface area contributed by atoms with Crippen molar-refractivity contribution in [2.24, 2.45) is 0 Å². The van der Waals surface area contributed by atoms with Crippen molar-refractivity contribution in [3.8, 4) is 22.6 Å². The number of nitrogens with one attached hydrogen (secondary N) is 1. The fraction of sp³-hybridized carbons (Fsp3) is 0.0714. The summed E-state index contributed by atoms with van der Waals surface area (Å²) in [4.78, 5) is 7.85. The van der Waals surface area contributed by atoms with Gasteiger partial charge in [0, 0.05) is 11.8 Å². The fourth-order valence-electron chi connectivity index (χ4n) is 1.90. The number of H-pyrrole nitrogens is 1. The molecule has 3 aromatic rings. The standard InChI is InChI=1S/C14H10N6/c1-9-3-4-10(7-12(9)15-2)13-8-11(5-6-16-13)14-17-19-20-18-14/h3-8H,1H3,(H,17,18,19,20). The summed E-state index contributed by atoms with van der Waals surface area (Å²) in [5.41, 5.74) is 4.09. The van der Waals surface area contributed by atoms with Crippen LogP contribution in [-0.4, -0.2) is 25.6 Å². The van der Waals surface area contributed by atoms with E-state index in [1.54, 1.807) is 6.20 Å². The average molecular weight is 262 g/mol. The molecule has 0 radical (unpaired) electrons. The van der Waals surface area contributed by atoms with Crippen LogP contribution in [0.2, 0.25) is 0 Å². The third kappa shape index (κ3) is 2.12. The minimum atomic E-state index is 0.520. The van der Waals surface area contributed by atoms with Crippen LogP contribution in [0.4, 0.5) is 5.69 Å². The van der Waals surface area contributed by atoms with Crippen molar-refractivity contribution in [3.05, 3.63) is 53.5 Å². The predicted octanol–water partition coefficient (Wildman–Crippen LogP) is 2.79. The van der Waals surface area contributed by atoms with Gasteiger partial charge in [0.15, 0.2) is 5.69 Å². The van der Waals surface area contributed by atoms with Crippen LogP contribution in [-0.2, 0) is 0 Å². The molecule has 0 aliphatic rings. The zero-order valence-corrected chi connectivity index (χ0v) is 10.7. The summed E-state index contributed by atoms with van der Waals surface area (Å²) in [6, 6.07) is 9.41. The largest absolute Gasteiger partial charge is 0.256 e. The smallest absolute Gasteiger partial charge is 0.204 e. The molecule has 0 fully saturated rings. The van der Waals surface area contributed by atoms with Crippen molar-refractivity contribution in [2.75, 3.05) is 0 Å². The van der Waals surface area contributed by atoms with Crippen molar-refractivity contribution in [1.29, 1.82) is 0 Å². The maximum absolute atomic E-state index is 7.17. The normalized spacial score (nSPS) is 10.2. The average Bonchev–Trinajstić information content (AvgIpc) is 3.02. The zero-order chi connectivity index (χ0) is 13.9. The number of pyridine rings is 1. The lowest BCUT2D eigenvalue weighted by atomic mass is 10.1. The minimum absolute atomic E-state index is 0.520. The number of nitrogens with zero attached hydrogens (tertiary/aromatic N) is 5. The summed E-state index contributed by atoms with van der Waals surface area (Å²) in [7, 11) is 0. The summed E-state index contributed by atoms with van der Waals surface area (Å²) >= 11 is 0. The van der Waals surface area contributed by atoms with E-state index in [9.17, 15) is 0 Å². The van der Waals surface area contributed by atoms with Gasteiger partial charge in [-0.3, -0.25) is 4.98 Å². The Hall–Kier alpha value is -3.07. The molecule has 0 atom stereocenters. The van der Waals surface area contributed by atoms with Gasteiger partial charge in [-0.15, -0.1) is 10.2 Å². The Balaban J connectivity index is 2.07. The number of hydrogen-bond donors (Lipinski definition) is 1. The highest BCUT2D eigenvalue weighted by atomic mass is 15.5. The maximum Gasteiger partial charge on any atom is 0.204 e. The van der Waals surface area contributed by atoms with E-state index < -0.39 is 0 Å². The first-order valence-corrected chi connectivity index (χ1v) is 5.96. The Kier molecular flexibility index (Phi) is 2.94. The highest BCUT2D eigenvalue weighted by Gasteiger charge is 2.07. The van der Waals surface area contributed by atoms with Gasteiger partial charge >= 0.3 is 0 Å². The molecule has 2 aromatic heterocycles. The Morgan fingerprint density at radius 1 is 1.15 bits per heavy atom. The number of aryl methyl sites for hydroxylation is 1. The van der Waals surface area contributed by atoms with E-state index in [4.69, 9.17) is 6.57 Å².